The molecule has 32 heavy (non-hydrogen) atoms. The first-order valence-electron chi connectivity index (χ1n) is 9.67. The summed E-state index contributed by atoms with van der Waals surface area (Å²) in [5, 5.41) is 0.533. The van der Waals surface area contributed by atoms with Crippen molar-refractivity contribution in [3.05, 3.63) is 65.2 Å². The Bertz CT molecular complexity index is 1160. The van der Waals surface area contributed by atoms with Gasteiger partial charge in [0.2, 0.25) is 0 Å². The summed E-state index contributed by atoms with van der Waals surface area (Å²) in [6.45, 7) is 0.997. The summed E-state index contributed by atoms with van der Waals surface area (Å²) in [5.41, 5.74) is 3.41. The average Bonchev–Trinajstić information content (AvgIpc) is 3.17. The van der Waals surface area contributed by atoms with E-state index in [-0.39, 0.29) is 29.3 Å². The van der Waals surface area contributed by atoms with Crippen molar-refractivity contribution in [3.63, 3.8) is 0 Å². The van der Waals surface area contributed by atoms with Crippen LogP contribution in [-0.2, 0) is 12.4 Å². The van der Waals surface area contributed by atoms with Crippen LogP contribution < -0.4 is 5.73 Å². The molecule has 0 saturated carbocycles. The Kier molecular flexibility index (Phi) is 5.36. The molecular weight excluding hydrogens is 436 g/mol. The van der Waals surface area contributed by atoms with Crippen LogP contribution in [0.5, 0.6) is 0 Å². The third kappa shape index (κ3) is 4.40. The Labute approximate surface area is 178 Å². The normalized spacial score (nSPS) is 17.2. The molecule has 1 fully saturated rings. The van der Waals surface area contributed by atoms with Gasteiger partial charge in [-0.2, -0.15) is 26.3 Å². The quantitative estimate of drug-likeness (QED) is 0.549. The summed E-state index contributed by atoms with van der Waals surface area (Å²) in [7, 11) is 0. The fraction of sp³-hybridized carbons (Fsp3) is 0.273. The molecule has 2 aromatic carbocycles. The number of benzene rings is 2. The van der Waals surface area contributed by atoms with Crippen molar-refractivity contribution >= 4 is 16.8 Å². The van der Waals surface area contributed by atoms with Crippen molar-refractivity contribution in [1.29, 1.82) is 0 Å². The first-order chi connectivity index (χ1) is 14.9. The maximum atomic E-state index is 13.1. The van der Waals surface area contributed by atoms with Gasteiger partial charge in [-0.15, -0.1) is 0 Å². The van der Waals surface area contributed by atoms with Gasteiger partial charge >= 0.3 is 12.4 Å². The molecule has 0 spiro atoms. The van der Waals surface area contributed by atoms with E-state index in [4.69, 9.17) is 5.73 Å². The first kappa shape index (κ1) is 22.1. The Morgan fingerprint density at radius 3 is 2.16 bits per heavy atom. The Morgan fingerprint density at radius 1 is 0.938 bits per heavy atom. The summed E-state index contributed by atoms with van der Waals surface area (Å²) in [6.07, 6.45) is -9.18. The van der Waals surface area contributed by atoms with E-state index < -0.39 is 23.5 Å². The number of pyridine rings is 1. The Morgan fingerprint density at radius 2 is 1.59 bits per heavy atom. The van der Waals surface area contributed by atoms with Gasteiger partial charge in [-0.1, -0.05) is 6.07 Å². The molecule has 168 valence electrons. The lowest BCUT2D eigenvalue weighted by Gasteiger charge is -2.16. The highest BCUT2D eigenvalue weighted by Gasteiger charge is 2.37. The van der Waals surface area contributed by atoms with Crippen LogP contribution in [0.2, 0.25) is 0 Å². The van der Waals surface area contributed by atoms with Crippen LogP contribution in [0.3, 0.4) is 0 Å². The molecular formula is C22H17F6N3O. The van der Waals surface area contributed by atoms with Crippen molar-refractivity contribution in [1.82, 2.24) is 9.88 Å². The molecule has 1 aliphatic rings. The highest BCUT2D eigenvalue weighted by Crippen LogP contribution is 2.38. The van der Waals surface area contributed by atoms with Crippen LogP contribution in [0.15, 0.2) is 48.5 Å². The molecule has 4 nitrogen and oxygen atoms in total. The lowest BCUT2D eigenvalue weighted by molar-refractivity contribution is -0.143. The van der Waals surface area contributed by atoms with Crippen LogP contribution in [0.1, 0.15) is 27.9 Å². The maximum absolute atomic E-state index is 13.1. The molecule has 1 unspecified atom stereocenters. The molecule has 1 aromatic heterocycles. The summed E-state index contributed by atoms with van der Waals surface area (Å²) in [6, 6.07) is 8.75. The molecule has 1 saturated heterocycles. The van der Waals surface area contributed by atoms with Gasteiger partial charge in [0, 0.05) is 35.6 Å². The van der Waals surface area contributed by atoms with Gasteiger partial charge in [0.05, 0.1) is 22.3 Å². The fourth-order valence-corrected chi connectivity index (χ4v) is 3.68. The second-order valence-electron chi connectivity index (χ2n) is 7.70. The van der Waals surface area contributed by atoms with Crippen LogP contribution in [0, 0.1) is 0 Å². The minimum atomic E-state index is -4.94. The van der Waals surface area contributed by atoms with E-state index >= 15 is 0 Å². The predicted octanol–water partition coefficient (Wildman–Crippen LogP) is 5.11. The lowest BCUT2D eigenvalue weighted by atomic mass is 10.0. The third-order valence-electron chi connectivity index (χ3n) is 5.33. The summed E-state index contributed by atoms with van der Waals surface area (Å²) in [5.74, 6) is -0.198. The number of rotatable bonds is 2. The van der Waals surface area contributed by atoms with E-state index in [2.05, 4.69) is 4.98 Å². The van der Waals surface area contributed by atoms with Gasteiger partial charge in [-0.25, -0.2) is 4.98 Å². The second kappa shape index (κ2) is 7.77. The molecule has 0 bridgehead atoms. The highest BCUT2D eigenvalue weighted by molar-refractivity contribution is 5.98. The number of carbonyl (C=O) groups excluding carboxylic acids is 1. The van der Waals surface area contributed by atoms with Crippen molar-refractivity contribution in [3.8, 4) is 11.3 Å². The number of aromatic nitrogens is 1. The van der Waals surface area contributed by atoms with Crippen molar-refractivity contribution in [2.24, 2.45) is 5.73 Å². The first-order valence-corrected chi connectivity index (χ1v) is 9.67. The number of carbonyl (C=O) groups is 1. The molecule has 1 amide bonds. The zero-order valence-corrected chi connectivity index (χ0v) is 16.5. The molecule has 2 heterocycles. The predicted molar refractivity (Wildman–Crippen MR) is 106 cm³/mol. The van der Waals surface area contributed by atoms with E-state index in [0.29, 0.717) is 48.1 Å². The van der Waals surface area contributed by atoms with Crippen LogP contribution in [0.25, 0.3) is 22.2 Å². The number of nitrogens with zero attached hydrogens (tertiary/aromatic N) is 2. The summed E-state index contributed by atoms with van der Waals surface area (Å²) in [4.78, 5) is 18.5. The van der Waals surface area contributed by atoms with E-state index in [1.165, 1.54) is 24.3 Å². The third-order valence-corrected chi connectivity index (χ3v) is 5.33. The number of likely N-dealkylation sites (tertiary alicyclic amines) is 1. The van der Waals surface area contributed by atoms with Gasteiger partial charge in [-0.3, -0.25) is 4.79 Å². The zero-order valence-electron chi connectivity index (χ0n) is 16.5. The highest BCUT2D eigenvalue weighted by atomic mass is 19.4. The van der Waals surface area contributed by atoms with Gasteiger partial charge < -0.3 is 10.6 Å². The molecule has 3 aromatic rings. The van der Waals surface area contributed by atoms with E-state index in [1.807, 2.05) is 0 Å². The van der Waals surface area contributed by atoms with Crippen LogP contribution >= 0.6 is 0 Å². The molecule has 0 aliphatic carbocycles. The minimum absolute atomic E-state index is 0.0429. The maximum Gasteiger partial charge on any atom is 0.416 e. The average molecular weight is 453 g/mol. The Hall–Kier alpha value is -3.14. The standard InChI is InChI=1S/C22H17F6N3O/c23-21(24,25)15-8-14(9-16(10-15)22(26,27)28)19-3-1-12-7-13(2-4-18(12)30-19)20(32)31-6-5-17(29)11-31/h1-4,7-10,17H,5-6,11,29H2. The van der Waals surface area contributed by atoms with Crippen molar-refractivity contribution in [2.45, 2.75) is 24.8 Å². The van der Waals surface area contributed by atoms with Crippen LogP contribution in [0.4, 0.5) is 26.3 Å². The SMILES string of the molecule is NC1CCN(C(=O)c2ccc3nc(-c4cc(C(F)(F)F)cc(C(F)(F)F)c4)ccc3c2)C1. The molecule has 1 atom stereocenters. The van der Waals surface area contributed by atoms with E-state index in [9.17, 15) is 31.1 Å². The van der Waals surface area contributed by atoms with Gasteiger partial charge in [0.25, 0.3) is 5.91 Å². The number of nitrogens with two attached hydrogens (primary N) is 1. The van der Waals surface area contributed by atoms with E-state index in [1.54, 1.807) is 11.0 Å². The number of hydrogen-bond donors (Lipinski definition) is 1. The van der Waals surface area contributed by atoms with Crippen molar-refractivity contribution < 1.29 is 31.1 Å². The van der Waals surface area contributed by atoms with Gasteiger partial charge in [0.15, 0.2) is 0 Å². The molecule has 1 aliphatic heterocycles. The summed E-state index contributed by atoms with van der Waals surface area (Å²) < 4.78 is 78.9. The minimum Gasteiger partial charge on any atom is -0.337 e. The van der Waals surface area contributed by atoms with E-state index in [0.717, 1.165) is 0 Å². The molecule has 4 rings (SSSR count). The smallest absolute Gasteiger partial charge is 0.337 e. The fourth-order valence-electron chi connectivity index (χ4n) is 3.68. The number of halogens is 6. The van der Waals surface area contributed by atoms with Gasteiger partial charge in [-0.05, 0) is 48.9 Å². The lowest BCUT2D eigenvalue weighted by Crippen LogP contribution is -2.31. The van der Waals surface area contributed by atoms with Crippen LogP contribution in [-0.4, -0.2) is 34.9 Å². The molecule has 2 N–H and O–H groups in total. The second-order valence-corrected chi connectivity index (χ2v) is 7.70. The van der Waals surface area contributed by atoms with Gasteiger partial charge in [0.1, 0.15) is 0 Å². The number of amides is 1. The largest absolute Gasteiger partial charge is 0.416 e. The molecule has 10 heteroatoms. The van der Waals surface area contributed by atoms with Crippen molar-refractivity contribution in [2.75, 3.05) is 13.1 Å². The number of hydrogen-bond acceptors (Lipinski definition) is 3. The topological polar surface area (TPSA) is 59.2 Å². The summed E-state index contributed by atoms with van der Waals surface area (Å²) >= 11 is 0. The monoisotopic (exact) mass is 453 g/mol. The zero-order chi connectivity index (χ0) is 23.3. The Balaban J connectivity index is 1.72. The molecule has 0 radical (unpaired) electrons. The number of alkyl halides is 6. The number of fused-ring (bicyclic) bond motifs is 1.